The highest BCUT2D eigenvalue weighted by atomic mass is 16.5. The van der Waals surface area contributed by atoms with Gasteiger partial charge in [-0.1, -0.05) is 27.7 Å². The molecule has 1 aliphatic rings. The summed E-state index contributed by atoms with van der Waals surface area (Å²) in [5.41, 5.74) is 0.458. The Kier molecular flexibility index (Phi) is 5.77. The van der Waals surface area contributed by atoms with Crippen molar-refractivity contribution in [2.45, 2.75) is 59.4 Å². The second kappa shape index (κ2) is 6.61. The highest BCUT2D eigenvalue weighted by Gasteiger charge is 2.21. The summed E-state index contributed by atoms with van der Waals surface area (Å²) in [5.74, 6) is 0.795. The minimum atomic E-state index is 0.458. The van der Waals surface area contributed by atoms with E-state index >= 15 is 0 Å². The summed E-state index contributed by atoms with van der Waals surface area (Å²) in [6.45, 7) is 12.2. The molecular weight excluding hydrogens is 198 g/mol. The lowest BCUT2D eigenvalue weighted by atomic mass is 9.86. The number of hydrogen-bond donors (Lipinski definition) is 1. The van der Waals surface area contributed by atoms with Gasteiger partial charge in [-0.25, -0.2) is 0 Å². The van der Waals surface area contributed by atoms with Crippen LogP contribution >= 0.6 is 0 Å². The van der Waals surface area contributed by atoms with E-state index in [0.29, 0.717) is 11.5 Å². The van der Waals surface area contributed by atoms with Gasteiger partial charge in [0.25, 0.3) is 0 Å². The molecule has 2 atom stereocenters. The SMILES string of the molecule is CCNC(CCC(C)(C)C)CC1CCOC1. The maximum absolute atomic E-state index is 5.45. The molecule has 0 aromatic rings. The predicted molar refractivity (Wildman–Crippen MR) is 69.7 cm³/mol. The van der Waals surface area contributed by atoms with Crippen LogP contribution in [0, 0.1) is 11.3 Å². The molecule has 1 fully saturated rings. The lowest BCUT2D eigenvalue weighted by molar-refractivity contribution is 0.180. The molecule has 0 radical (unpaired) electrons. The highest BCUT2D eigenvalue weighted by Crippen LogP contribution is 2.25. The minimum absolute atomic E-state index is 0.458. The molecular formula is C14H29NO. The minimum Gasteiger partial charge on any atom is -0.381 e. The van der Waals surface area contributed by atoms with Gasteiger partial charge in [0, 0.05) is 19.3 Å². The first-order chi connectivity index (χ1) is 7.51. The van der Waals surface area contributed by atoms with Gasteiger partial charge in [-0.2, -0.15) is 0 Å². The molecule has 2 nitrogen and oxygen atoms in total. The Bertz CT molecular complexity index is 180. The lowest BCUT2D eigenvalue weighted by Crippen LogP contribution is -2.32. The summed E-state index contributed by atoms with van der Waals surface area (Å²) in [6, 6.07) is 0.691. The van der Waals surface area contributed by atoms with Crippen LogP contribution in [0.15, 0.2) is 0 Å². The average Bonchev–Trinajstić information content (AvgIpc) is 2.66. The third-order valence-electron chi connectivity index (χ3n) is 3.38. The maximum Gasteiger partial charge on any atom is 0.0495 e. The van der Waals surface area contributed by atoms with Crippen molar-refractivity contribution in [3.63, 3.8) is 0 Å². The molecule has 2 heteroatoms. The second-order valence-corrected chi connectivity index (χ2v) is 6.32. The van der Waals surface area contributed by atoms with E-state index in [4.69, 9.17) is 4.74 Å². The molecule has 0 saturated carbocycles. The lowest BCUT2D eigenvalue weighted by Gasteiger charge is -2.25. The second-order valence-electron chi connectivity index (χ2n) is 6.32. The Morgan fingerprint density at radius 1 is 1.38 bits per heavy atom. The number of ether oxygens (including phenoxy) is 1. The Balaban J connectivity index is 2.28. The fourth-order valence-corrected chi connectivity index (χ4v) is 2.37. The molecule has 1 saturated heterocycles. The van der Waals surface area contributed by atoms with E-state index in [1.165, 1.54) is 25.7 Å². The summed E-state index contributed by atoms with van der Waals surface area (Å²) >= 11 is 0. The Morgan fingerprint density at radius 3 is 2.62 bits per heavy atom. The van der Waals surface area contributed by atoms with Gasteiger partial charge in [0.15, 0.2) is 0 Å². The molecule has 96 valence electrons. The van der Waals surface area contributed by atoms with Crippen molar-refractivity contribution in [2.24, 2.45) is 11.3 Å². The third kappa shape index (κ3) is 5.86. The first kappa shape index (κ1) is 14.0. The van der Waals surface area contributed by atoms with Gasteiger partial charge in [0.1, 0.15) is 0 Å². The molecule has 1 rings (SSSR count). The van der Waals surface area contributed by atoms with Crippen LogP contribution in [0.1, 0.15) is 53.4 Å². The van der Waals surface area contributed by atoms with E-state index in [2.05, 4.69) is 33.0 Å². The molecule has 1 heterocycles. The molecule has 0 spiro atoms. The van der Waals surface area contributed by atoms with E-state index in [0.717, 1.165) is 25.7 Å². The summed E-state index contributed by atoms with van der Waals surface area (Å²) < 4.78 is 5.45. The van der Waals surface area contributed by atoms with Crippen molar-refractivity contribution in [2.75, 3.05) is 19.8 Å². The van der Waals surface area contributed by atoms with E-state index in [-0.39, 0.29) is 0 Å². The maximum atomic E-state index is 5.45. The van der Waals surface area contributed by atoms with Gasteiger partial charge in [-0.05, 0) is 43.6 Å². The van der Waals surface area contributed by atoms with Crippen molar-refractivity contribution in [1.82, 2.24) is 5.32 Å². The largest absolute Gasteiger partial charge is 0.381 e. The molecule has 0 aliphatic carbocycles. The molecule has 0 bridgehead atoms. The van der Waals surface area contributed by atoms with Gasteiger partial charge >= 0.3 is 0 Å². The van der Waals surface area contributed by atoms with Crippen LogP contribution in [-0.2, 0) is 4.74 Å². The smallest absolute Gasteiger partial charge is 0.0495 e. The van der Waals surface area contributed by atoms with Crippen molar-refractivity contribution in [1.29, 1.82) is 0 Å². The highest BCUT2D eigenvalue weighted by molar-refractivity contribution is 4.76. The zero-order valence-electron chi connectivity index (χ0n) is 11.5. The molecule has 2 unspecified atom stereocenters. The molecule has 1 aliphatic heterocycles. The predicted octanol–water partition coefficient (Wildman–Crippen LogP) is 3.22. The van der Waals surface area contributed by atoms with Crippen molar-refractivity contribution in [3.8, 4) is 0 Å². The van der Waals surface area contributed by atoms with Crippen molar-refractivity contribution < 1.29 is 4.74 Å². The summed E-state index contributed by atoms with van der Waals surface area (Å²) in [7, 11) is 0. The van der Waals surface area contributed by atoms with Crippen molar-refractivity contribution >= 4 is 0 Å². The molecule has 0 aromatic heterocycles. The van der Waals surface area contributed by atoms with Gasteiger partial charge in [-0.3, -0.25) is 0 Å². The van der Waals surface area contributed by atoms with Crippen LogP contribution in [0.25, 0.3) is 0 Å². The molecule has 16 heavy (non-hydrogen) atoms. The quantitative estimate of drug-likeness (QED) is 0.752. The zero-order chi connectivity index (χ0) is 12.0. The van der Waals surface area contributed by atoms with Gasteiger partial charge < -0.3 is 10.1 Å². The van der Waals surface area contributed by atoms with Crippen LogP contribution in [-0.4, -0.2) is 25.8 Å². The van der Waals surface area contributed by atoms with Crippen LogP contribution in [0.2, 0.25) is 0 Å². The summed E-state index contributed by atoms with van der Waals surface area (Å²) in [6.07, 6.45) is 5.16. The van der Waals surface area contributed by atoms with Crippen LogP contribution in [0.3, 0.4) is 0 Å². The standard InChI is InChI=1S/C14H29NO/c1-5-15-13(6-8-14(2,3)4)10-12-7-9-16-11-12/h12-13,15H,5-11H2,1-4H3. The zero-order valence-corrected chi connectivity index (χ0v) is 11.5. The summed E-state index contributed by atoms with van der Waals surface area (Å²) in [5, 5.41) is 3.63. The van der Waals surface area contributed by atoms with Gasteiger partial charge in [0.05, 0.1) is 0 Å². The average molecular weight is 227 g/mol. The monoisotopic (exact) mass is 227 g/mol. The Hall–Kier alpha value is -0.0800. The summed E-state index contributed by atoms with van der Waals surface area (Å²) in [4.78, 5) is 0. The fourth-order valence-electron chi connectivity index (χ4n) is 2.37. The van der Waals surface area contributed by atoms with Gasteiger partial charge in [0.2, 0.25) is 0 Å². The molecule has 0 amide bonds. The van der Waals surface area contributed by atoms with Crippen LogP contribution in [0.4, 0.5) is 0 Å². The Labute approximate surface area is 101 Å². The fraction of sp³-hybridized carbons (Fsp3) is 1.00. The van der Waals surface area contributed by atoms with E-state index in [1.807, 2.05) is 0 Å². The van der Waals surface area contributed by atoms with E-state index in [9.17, 15) is 0 Å². The van der Waals surface area contributed by atoms with Crippen LogP contribution in [0.5, 0.6) is 0 Å². The van der Waals surface area contributed by atoms with Gasteiger partial charge in [-0.15, -0.1) is 0 Å². The van der Waals surface area contributed by atoms with E-state index in [1.54, 1.807) is 0 Å². The van der Waals surface area contributed by atoms with Crippen LogP contribution < -0.4 is 5.32 Å². The first-order valence-electron chi connectivity index (χ1n) is 6.82. The molecule has 1 N–H and O–H groups in total. The number of hydrogen-bond acceptors (Lipinski definition) is 2. The van der Waals surface area contributed by atoms with E-state index < -0.39 is 0 Å². The number of nitrogens with one attached hydrogen (secondary N) is 1. The topological polar surface area (TPSA) is 21.3 Å². The number of rotatable bonds is 6. The van der Waals surface area contributed by atoms with Crippen molar-refractivity contribution in [3.05, 3.63) is 0 Å². The third-order valence-corrected chi connectivity index (χ3v) is 3.38. The first-order valence-corrected chi connectivity index (χ1v) is 6.82. The molecule has 0 aromatic carbocycles. The Morgan fingerprint density at radius 2 is 2.12 bits per heavy atom. The normalized spacial score (nSPS) is 23.6.